The van der Waals surface area contributed by atoms with E-state index in [1.807, 2.05) is 0 Å². The molecule has 1 aromatic heterocycles. The Hall–Kier alpha value is -0.830. The van der Waals surface area contributed by atoms with Gasteiger partial charge < -0.3 is 9.15 Å². The number of rotatable bonds is 2. The lowest BCUT2D eigenvalue weighted by Gasteiger charge is -1.86. The van der Waals surface area contributed by atoms with E-state index in [4.69, 9.17) is 4.42 Å². The van der Waals surface area contributed by atoms with Gasteiger partial charge in [-0.1, -0.05) is 0 Å². The molecule has 1 heterocycles. The van der Waals surface area contributed by atoms with Crippen LogP contribution in [0.15, 0.2) is 22.8 Å². The predicted molar refractivity (Wildman–Crippen MR) is 33.0 cm³/mol. The van der Waals surface area contributed by atoms with Gasteiger partial charge in [-0.2, -0.15) is 0 Å². The summed E-state index contributed by atoms with van der Waals surface area (Å²) in [5, 5.41) is 0. The molecule has 0 aromatic carbocycles. The first kappa shape index (κ1) is 5.31. The molecule has 1 aromatic rings. The SMILES string of the molecule is S=COc1ccco1. The standard InChI is InChI=1S/C5H4O2S/c8-4-7-5-2-1-3-6-5/h1-4H. The Morgan fingerprint density at radius 3 is 3.12 bits per heavy atom. The summed E-state index contributed by atoms with van der Waals surface area (Å²) >= 11 is 4.39. The summed E-state index contributed by atoms with van der Waals surface area (Å²) in [5.41, 5.74) is 1.15. The maximum atomic E-state index is 4.75. The minimum Gasteiger partial charge on any atom is -0.434 e. The van der Waals surface area contributed by atoms with Gasteiger partial charge in [-0.25, -0.2) is 0 Å². The lowest BCUT2D eigenvalue weighted by molar-refractivity contribution is 0.396. The normalized spacial score (nSPS) is 8.50. The van der Waals surface area contributed by atoms with Crippen LogP contribution in [0.5, 0.6) is 5.95 Å². The number of ether oxygens (including phenoxy) is 1. The molecule has 2 nitrogen and oxygen atoms in total. The Morgan fingerprint density at radius 2 is 2.62 bits per heavy atom. The molecular formula is C5H4O2S. The van der Waals surface area contributed by atoms with Gasteiger partial charge in [0.2, 0.25) is 0 Å². The monoisotopic (exact) mass is 128 g/mol. The number of furan rings is 1. The first-order chi connectivity index (χ1) is 3.93. The molecule has 0 fully saturated rings. The van der Waals surface area contributed by atoms with Crippen molar-refractivity contribution in [1.82, 2.24) is 0 Å². The van der Waals surface area contributed by atoms with E-state index in [2.05, 4.69) is 17.0 Å². The van der Waals surface area contributed by atoms with E-state index in [0.29, 0.717) is 5.95 Å². The molecule has 3 heteroatoms. The van der Waals surface area contributed by atoms with E-state index < -0.39 is 0 Å². The summed E-state index contributed by atoms with van der Waals surface area (Å²) in [4.78, 5) is 0. The fourth-order valence-electron chi connectivity index (χ4n) is 0.378. The number of hydrogen-bond donors (Lipinski definition) is 0. The van der Waals surface area contributed by atoms with E-state index in [1.54, 1.807) is 12.1 Å². The van der Waals surface area contributed by atoms with Gasteiger partial charge in [0.05, 0.1) is 6.26 Å². The molecule has 0 aliphatic heterocycles. The van der Waals surface area contributed by atoms with Crippen LogP contribution in [0.1, 0.15) is 0 Å². The van der Waals surface area contributed by atoms with Gasteiger partial charge in [0.25, 0.3) is 5.95 Å². The van der Waals surface area contributed by atoms with Gasteiger partial charge in [-0.15, -0.1) is 0 Å². The highest BCUT2D eigenvalue weighted by Gasteiger charge is 1.87. The molecule has 0 bridgehead atoms. The minimum atomic E-state index is 0.431. The van der Waals surface area contributed by atoms with Crippen LogP contribution in [0.3, 0.4) is 0 Å². The predicted octanol–water partition coefficient (Wildman–Crippen LogP) is 1.62. The van der Waals surface area contributed by atoms with E-state index >= 15 is 0 Å². The molecule has 0 saturated carbocycles. The van der Waals surface area contributed by atoms with Gasteiger partial charge in [0.15, 0.2) is 5.55 Å². The van der Waals surface area contributed by atoms with Gasteiger partial charge in [-0.3, -0.25) is 0 Å². The minimum absolute atomic E-state index is 0.431. The molecular weight excluding hydrogens is 124 g/mol. The van der Waals surface area contributed by atoms with Crippen molar-refractivity contribution in [2.24, 2.45) is 0 Å². The zero-order chi connectivity index (χ0) is 5.82. The topological polar surface area (TPSA) is 22.4 Å². The van der Waals surface area contributed by atoms with Crippen LogP contribution < -0.4 is 4.74 Å². The maximum absolute atomic E-state index is 4.75. The highest BCUT2D eigenvalue weighted by atomic mass is 32.1. The second kappa shape index (κ2) is 2.47. The molecule has 0 aliphatic carbocycles. The second-order valence-electron chi connectivity index (χ2n) is 1.15. The van der Waals surface area contributed by atoms with Gasteiger partial charge in [0, 0.05) is 6.07 Å². The van der Waals surface area contributed by atoms with Crippen LogP contribution in [-0.4, -0.2) is 5.55 Å². The molecule has 1 rings (SSSR count). The van der Waals surface area contributed by atoms with E-state index in [0.717, 1.165) is 5.55 Å². The highest BCUT2D eigenvalue weighted by molar-refractivity contribution is 7.78. The Bertz CT molecular complexity index is 157. The Labute approximate surface area is 52.1 Å². The molecule has 42 valence electrons. The number of thiocarbonyl (C=S) groups is 1. The van der Waals surface area contributed by atoms with Crippen LogP contribution in [0.2, 0.25) is 0 Å². The summed E-state index contributed by atoms with van der Waals surface area (Å²) in [6.07, 6.45) is 1.52. The third-order valence-corrected chi connectivity index (χ3v) is 0.756. The van der Waals surface area contributed by atoms with Crippen LogP contribution in [0.25, 0.3) is 0 Å². The van der Waals surface area contributed by atoms with Crippen molar-refractivity contribution in [3.8, 4) is 5.95 Å². The maximum Gasteiger partial charge on any atom is 0.289 e. The van der Waals surface area contributed by atoms with Crippen LogP contribution in [0.4, 0.5) is 0 Å². The van der Waals surface area contributed by atoms with Crippen molar-refractivity contribution >= 4 is 17.8 Å². The quantitative estimate of drug-likeness (QED) is 0.565. The highest BCUT2D eigenvalue weighted by Crippen LogP contribution is 2.07. The van der Waals surface area contributed by atoms with Gasteiger partial charge in [0.1, 0.15) is 0 Å². The molecule has 0 unspecified atom stereocenters. The van der Waals surface area contributed by atoms with Crippen molar-refractivity contribution in [3.05, 3.63) is 18.4 Å². The fraction of sp³-hybridized carbons (Fsp3) is 0. The Kier molecular flexibility index (Phi) is 1.64. The molecule has 0 spiro atoms. The van der Waals surface area contributed by atoms with E-state index in [9.17, 15) is 0 Å². The second-order valence-corrected chi connectivity index (χ2v) is 1.34. The van der Waals surface area contributed by atoms with Crippen LogP contribution in [0, 0.1) is 0 Å². The lowest BCUT2D eigenvalue weighted by atomic mass is 10.7. The van der Waals surface area contributed by atoms with Crippen LogP contribution >= 0.6 is 12.2 Å². The first-order valence-corrected chi connectivity index (χ1v) is 2.54. The van der Waals surface area contributed by atoms with E-state index in [-0.39, 0.29) is 0 Å². The zero-order valence-electron chi connectivity index (χ0n) is 4.03. The van der Waals surface area contributed by atoms with E-state index in [1.165, 1.54) is 6.26 Å². The van der Waals surface area contributed by atoms with Crippen molar-refractivity contribution < 1.29 is 9.15 Å². The van der Waals surface area contributed by atoms with Crippen molar-refractivity contribution in [2.75, 3.05) is 0 Å². The Balaban J connectivity index is 2.62. The smallest absolute Gasteiger partial charge is 0.289 e. The summed E-state index contributed by atoms with van der Waals surface area (Å²) < 4.78 is 9.42. The Morgan fingerprint density at radius 1 is 1.75 bits per heavy atom. The summed E-state index contributed by atoms with van der Waals surface area (Å²) in [6, 6.07) is 3.41. The van der Waals surface area contributed by atoms with Crippen molar-refractivity contribution in [3.63, 3.8) is 0 Å². The van der Waals surface area contributed by atoms with Crippen molar-refractivity contribution in [1.29, 1.82) is 0 Å². The molecule has 0 radical (unpaired) electrons. The third-order valence-electron chi connectivity index (χ3n) is 0.659. The lowest BCUT2D eigenvalue weighted by Crippen LogP contribution is -1.81. The first-order valence-electron chi connectivity index (χ1n) is 2.07. The number of hydrogen-bond acceptors (Lipinski definition) is 3. The van der Waals surface area contributed by atoms with Crippen LogP contribution in [-0.2, 0) is 0 Å². The van der Waals surface area contributed by atoms with Gasteiger partial charge in [-0.05, 0) is 18.3 Å². The zero-order valence-corrected chi connectivity index (χ0v) is 4.85. The summed E-state index contributed by atoms with van der Waals surface area (Å²) in [6.45, 7) is 0. The largest absolute Gasteiger partial charge is 0.434 e. The van der Waals surface area contributed by atoms with Gasteiger partial charge >= 0.3 is 0 Å². The average Bonchev–Trinajstić information content (AvgIpc) is 2.19. The molecule has 8 heavy (non-hydrogen) atoms. The summed E-state index contributed by atoms with van der Waals surface area (Å²) in [7, 11) is 0. The molecule has 0 atom stereocenters. The third kappa shape index (κ3) is 1.07. The molecule has 0 saturated heterocycles. The van der Waals surface area contributed by atoms with Crippen molar-refractivity contribution in [2.45, 2.75) is 0 Å². The molecule has 0 N–H and O–H groups in total. The average molecular weight is 128 g/mol. The molecule has 0 aliphatic rings. The fourth-order valence-corrected chi connectivity index (χ4v) is 0.473. The summed E-state index contributed by atoms with van der Waals surface area (Å²) in [5.74, 6) is 0.431. The molecule has 0 amide bonds.